The molecule has 0 aliphatic carbocycles. The van der Waals surface area contributed by atoms with Gasteiger partial charge in [0.1, 0.15) is 5.82 Å². The van der Waals surface area contributed by atoms with Crippen LogP contribution < -0.4 is 10.2 Å². The number of nitrogens with one attached hydrogen (secondary N) is 1. The fourth-order valence-corrected chi connectivity index (χ4v) is 3.54. The summed E-state index contributed by atoms with van der Waals surface area (Å²) in [5, 5.41) is 7.02. The maximum Gasteiger partial charge on any atom is 0.128 e. The Bertz CT molecular complexity index is 561. The first kappa shape index (κ1) is 14.5. The van der Waals surface area contributed by atoms with Crippen molar-refractivity contribution < 1.29 is 0 Å². The molecule has 2 aromatic heterocycles. The highest BCUT2D eigenvalue weighted by Gasteiger charge is 2.22. The van der Waals surface area contributed by atoms with Crippen molar-refractivity contribution in [2.24, 2.45) is 0 Å². The molecule has 1 fully saturated rings. The zero-order chi connectivity index (χ0) is 14.7. The quantitative estimate of drug-likeness (QED) is 0.942. The second kappa shape index (κ2) is 6.54. The van der Waals surface area contributed by atoms with Crippen LogP contribution in [0, 0.1) is 6.92 Å². The number of thiazole rings is 1. The summed E-state index contributed by atoms with van der Waals surface area (Å²) in [5.74, 6) is 1.10. The van der Waals surface area contributed by atoms with E-state index in [1.807, 2.05) is 12.3 Å². The van der Waals surface area contributed by atoms with Gasteiger partial charge in [-0.05, 0) is 38.8 Å². The topological polar surface area (TPSA) is 41.1 Å². The Hall–Kier alpha value is -1.46. The van der Waals surface area contributed by atoms with Gasteiger partial charge in [0.05, 0.1) is 10.7 Å². The molecule has 4 nitrogen and oxygen atoms in total. The summed E-state index contributed by atoms with van der Waals surface area (Å²) in [6.45, 7) is 6.40. The van der Waals surface area contributed by atoms with Gasteiger partial charge in [-0.3, -0.25) is 0 Å². The first-order valence-electron chi connectivity index (χ1n) is 7.56. The lowest BCUT2D eigenvalue weighted by Gasteiger charge is -2.34. The van der Waals surface area contributed by atoms with Crippen molar-refractivity contribution in [3.05, 3.63) is 40.5 Å². The molecule has 0 radical (unpaired) electrons. The Kier molecular flexibility index (Phi) is 4.51. The lowest BCUT2D eigenvalue weighted by molar-refractivity contribution is 0.377. The molecule has 0 spiro atoms. The van der Waals surface area contributed by atoms with Gasteiger partial charge in [0.15, 0.2) is 0 Å². The number of piperidine rings is 1. The Morgan fingerprint density at radius 1 is 1.33 bits per heavy atom. The number of hydrogen-bond donors (Lipinski definition) is 1. The van der Waals surface area contributed by atoms with E-state index in [-0.39, 0.29) is 0 Å². The maximum atomic E-state index is 4.57. The van der Waals surface area contributed by atoms with E-state index in [0.29, 0.717) is 12.1 Å². The molecule has 1 atom stereocenters. The Balaban J connectivity index is 1.52. The van der Waals surface area contributed by atoms with E-state index in [0.717, 1.165) is 36.8 Å². The summed E-state index contributed by atoms with van der Waals surface area (Å²) in [6.07, 6.45) is 4.18. The van der Waals surface area contributed by atoms with Crippen molar-refractivity contribution in [1.82, 2.24) is 15.3 Å². The normalized spacial score (nSPS) is 17.9. The largest absolute Gasteiger partial charge is 0.357 e. The van der Waals surface area contributed by atoms with Crippen LogP contribution in [0.4, 0.5) is 5.82 Å². The van der Waals surface area contributed by atoms with E-state index in [1.165, 1.54) is 5.69 Å². The molecule has 0 saturated carbocycles. The van der Waals surface area contributed by atoms with Crippen LogP contribution in [-0.4, -0.2) is 29.1 Å². The molecule has 5 heteroatoms. The Morgan fingerprint density at radius 2 is 2.14 bits per heavy atom. The number of pyridine rings is 1. The standard InChI is InChI=1S/C16H22N4S/c1-12(15-11-21-13(2)19-15)18-14-6-9-20(10-7-14)16-5-3-4-8-17-16/h3-5,8,11-12,14,18H,6-7,9-10H2,1-2H3. The molecular formula is C16H22N4S. The van der Waals surface area contributed by atoms with E-state index in [1.54, 1.807) is 11.3 Å². The lowest BCUT2D eigenvalue weighted by atomic mass is 10.0. The van der Waals surface area contributed by atoms with E-state index in [4.69, 9.17) is 0 Å². The van der Waals surface area contributed by atoms with E-state index >= 15 is 0 Å². The van der Waals surface area contributed by atoms with Gasteiger partial charge in [-0.25, -0.2) is 9.97 Å². The zero-order valence-corrected chi connectivity index (χ0v) is 13.4. The van der Waals surface area contributed by atoms with Gasteiger partial charge in [0.2, 0.25) is 0 Å². The van der Waals surface area contributed by atoms with E-state index < -0.39 is 0 Å². The van der Waals surface area contributed by atoms with E-state index in [9.17, 15) is 0 Å². The highest BCUT2D eigenvalue weighted by atomic mass is 32.1. The van der Waals surface area contributed by atoms with Crippen molar-refractivity contribution in [1.29, 1.82) is 0 Å². The summed E-state index contributed by atoms with van der Waals surface area (Å²) in [4.78, 5) is 11.4. The molecular weight excluding hydrogens is 280 g/mol. The second-order valence-corrected chi connectivity index (χ2v) is 6.69. The molecule has 1 N–H and O–H groups in total. The fourth-order valence-electron chi connectivity index (χ4n) is 2.83. The van der Waals surface area contributed by atoms with Gasteiger partial charge in [-0.2, -0.15) is 0 Å². The third-order valence-corrected chi connectivity index (χ3v) is 4.83. The van der Waals surface area contributed by atoms with Crippen molar-refractivity contribution in [2.75, 3.05) is 18.0 Å². The molecule has 0 amide bonds. The number of aryl methyl sites for hydroxylation is 1. The van der Waals surface area contributed by atoms with Crippen LogP contribution in [0.5, 0.6) is 0 Å². The highest BCUT2D eigenvalue weighted by molar-refractivity contribution is 7.09. The van der Waals surface area contributed by atoms with E-state index in [2.05, 4.69) is 51.5 Å². The number of anilines is 1. The summed E-state index contributed by atoms with van der Waals surface area (Å²) in [5.41, 5.74) is 1.17. The number of rotatable bonds is 4. The summed E-state index contributed by atoms with van der Waals surface area (Å²) >= 11 is 1.72. The summed E-state index contributed by atoms with van der Waals surface area (Å²) < 4.78 is 0. The van der Waals surface area contributed by atoms with Crippen molar-refractivity contribution >= 4 is 17.2 Å². The molecule has 21 heavy (non-hydrogen) atoms. The van der Waals surface area contributed by atoms with Gasteiger partial charge in [0, 0.05) is 36.8 Å². The third kappa shape index (κ3) is 3.60. The van der Waals surface area contributed by atoms with Gasteiger partial charge in [0.25, 0.3) is 0 Å². The van der Waals surface area contributed by atoms with Crippen molar-refractivity contribution in [2.45, 2.75) is 38.8 Å². The molecule has 112 valence electrons. The molecule has 2 aromatic rings. The molecule has 0 aromatic carbocycles. The average Bonchev–Trinajstić information content (AvgIpc) is 2.96. The number of hydrogen-bond acceptors (Lipinski definition) is 5. The van der Waals surface area contributed by atoms with Crippen LogP contribution in [0.2, 0.25) is 0 Å². The predicted molar refractivity (Wildman–Crippen MR) is 87.9 cm³/mol. The minimum Gasteiger partial charge on any atom is -0.357 e. The molecule has 1 aliphatic rings. The first-order valence-corrected chi connectivity index (χ1v) is 8.44. The Labute approximate surface area is 130 Å². The van der Waals surface area contributed by atoms with Gasteiger partial charge in [-0.1, -0.05) is 6.07 Å². The molecule has 3 rings (SSSR count). The van der Waals surface area contributed by atoms with Crippen LogP contribution >= 0.6 is 11.3 Å². The molecule has 1 saturated heterocycles. The van der Waals surface area contributed by atoms with Crippen LogP contribution in [0.3, 0.4) is 0 Å². The minimum atomic E-state index is 0.335. The third-order valence-electron chi connectivity index (χ3n) is 4.03. The monoisotopic (exact) mass is 302 g/mol. The first-order chi connectivity index (χ1) is 10.2. The summed E-state index contributed by atoms with van der Waals surface area (Å²) in [6, 6.07) is 7.02. The van der Waals surface area contributed by atoms with Crippen LogP contribution in [-0.2, 0) is 0 Å². The molecule has 1 unspecified atom stereocenters. The molecule has 3 heterocycles. The summed E-state index contributed by atoms with van der Waals surface area (Å²) in [7, 11) is 0. The molecule has 0 bridgehead atoms. The van der Waals surface area contributed by atoms with Gasteiger partial charge < -0.3 is 10.2 Å². The number of aromatic nitrogens is 2. The second-order valence-electron chi connectivity index (χ2n) is 5.63. The minimum absolute atomic E-state index is 0.335. The van der Waals surface area contributed by atoms with Crippen LogP contribution in [0.1, 0.15) is 36.5 Å². The van der Waals surface area contributed by atoms with Crippen molar-refractivity contribution in [3.63, 3.8) is 0 Å². The van der Waals surface area contributed by atoms with Gasteiger partial charge >= 0.3 is 0 Å². The Morgan fingerprint density at radius 3 is 2.76 bits per heavy atom. The zero-order valence-electron chi connectivity index (χ0n) is 12.6. The fraction of sp³-hybridized carbons (Fsp3) is 0.500. The maximum absolute atomic E-state index is 4.57. The average molecular weight is 302 g/mol. The molecule has 1 aliphatic heterocycles. The van der Waals surface area contributed by atoms with Gasteiger partial charge in [-0.15, -0.1) is 11.3 Å². The highest BCUT2D eigenvalue weighted by Crippen LogP contribution is 2.21. The predicted octanol–water partition coefficient (Wildman–Crippen LogP) is 3.17. The van der Waals surface area contributed by atoms with Crippen LogP contribution in [0.25, 0.3) is 0 Å². The SMILES string of the molecule is Cc1nc(C(C)NC2CCN(c3ccccn3)CC2)cs1. The van der Waals surface area contributed by atoms with Crippen LogP contribution in [0.15, 0.2) is 29.8 Å². The smallest absolute Gasteiger partial charge is 0.128 e. The number of nitrogens with zero attached hydrogens (tertiary/aromatic N) is 3. The lowest BCUT2D eigenvalue weighted by Crippen LogP contribution is -2.43. The van der Waals surface area contributed by atoms with Crippen molar-refractivity contribution in [3.8, 4) is 0 Å².